The summed E-state index contributed by atoms with van der Waals surface area (Å²) in [5.41, 5.74) is 0. The van der Waals surface area contributed by atoms with Crippen LogP contribution in [0.15, 0.2) is 0 Å². The van der Waals surface area contributed by atoms with Crippen LogP contribution in [0.3, 0.4) is 0 Å². The van der Waals surface area contributed by atoms with Gasteiger partial charge in [-0.3, -0.25) is 0 Å². The molecule has 0 aromatic carbocycles. The maximum absolute atomic E-state index is 5.81. The summed E-state index contributed by atoms with van der Waals surface area (Å²) in [7, 11) is -2.43. The van der Waals surface area contributed by atoms with Gasteiger partial charge in [0.25, 0.3) is 0 Å². The number of ether oxygens (including phenoxy) is 1. The van der Waals surface area contributed by atoms with Crippen molar-refractivity contribution in [3.8, 4) is 0 Å². The first-order valence-corrected chi connectivity index (χ1v) is 9.67. The smallest absolute Gasteiger partial charge is 0.381 e. The van der Waals surface area contributed by atoms with Crippen molar-refractivity contribution >= 4 is 8.80 Å². The molecule has 5 heteroatoms. The highest BCUT2D eigenvalue weighted by atomic mass is 28.4. The summed E-state index contributed by atoms with van der Waals surface area (Å²) >= 11 is 0. The fraction of sp³-hybridized carbons (Fsp3) is 1.00. The second-order valence-corrected chi connectivity index (χ2v) is 7.14. The molecule has 0 aliphatic carbocycles. The molecule has 116 valence electrons. The van der Waals surface area contributed by atoms with Gasteiger partial charge in [0.15, 0.2) is 0 Å². The van der Waals surface area contributed by atoms with Crippen molar-refractivity contribution in [2.45, 2.75) is 59.4 Å². The fourth-order valence-electron chi connectivity index (χ4n) is 1.90. The van der Waals surface area contributed by atoms with E-state index in [1.54, 1.807) is 0 Å². The third-order valence-electron chi connectivity index (χ3n) is 2.76. The van der Waals surface area contributed by atoms with Crippen LogP contribution >= 0.6 is 0 Å². The summed E-state index contributed by atoms with van der Waals surface area (Å²) in [5.74, 6) is 0. The molecule has 0 aromatic rings. The second kappa shape index (κ2) is 13.1. The third-order valence-corrected chi connectivity index (χ3v) is 5.91. The molecule has 0 unspecified atom stereocenters. The summed E-state index contributed by atoms with van der Waals surface area (Å²) in [6, 6.07) is 0.889. The van der Waals surface area contributed by atoms with Gasteiger partial charge >= 0.3 is 8.80 Å². The number of hydrogen-bond acceptors (Lipinski definition) is 4. The van der Waals surface area contributed by atoms with E-state index in [4.69, 9.17) is 18.0 Å². The summed E-state index contributed by atoms with van der Waals surface area (Å²) in [6.07, 6.45) is 4.43. The van der Waals surface area contributed by atoms with Crippen molar-refractivity contribution in [2.24, 2.45) is 0 Å². The first-order chi connectivity index (χ1) is 9.24. The van der Waals surface area contributed by atoms with Gasteiger partial charge in [-0.2, -0.15) is 0 Å². The van der Waals surface area contributed by atoms with Crippen LogP contribution in [0.1, 0.15) is 53.4 Å². The van der Waals surface area contributed by atoms with Gasteiger partial charge in [0, 0.05) is 39.1 Å². The molecule has 0 aliphatic heterocycles. The summed E-state index contributed by atoms with van der Waals surface area (Å²) in [5, 5.41) is 0. The standard InChI is InChI=1S/C14H32O4Si/c1-5-9-12-15-13-10-11-14-19(16-6-2,17-7-3)18-8-4/h5-14H2,1-4H3. The minimum absolute atomic E-state index is 0.652. The van der Waals surface area contributed by atoms with Gasteiger partial charge in [-0.1, -0.05) is 13.3 Å². The lowest BCUT2D eigenvalue weighted by Gasteiger charge is -2.28. The number of hydrogen-bond donors (Lipinski definition) is 0. The molecule has 0 bridgehead atoms. The van der Waals surface area contributed by atoms with Gasteiger partial charge in [0.1, 0.15) is 0 Å². The highest BCUT2D eigenvalue weighted by Gasteiger charge is 2.39. The van der Waals surface area contributed by atoms with E-state index >= 15 is 0 Å². The highest BCUT2D eigenvalue weighted by molar-refractivity contribution is 6.60. The average molecular weight is 292 g/mol. The molecule has 0 radical (unpaired) electrons. The van der Waals surface area contributed by atoms with E-state index in [1.165, 1.54) is 6.42 Å². The molecule has 0 saturated carbocycles. The maximum atomic E-state index is 5.81. The van der Waals surface area contributed by atoms with Crippen LogP contribution in [0.2, 0.25) is 6.04 Å². The fourth-order valence-corrected chi connectivity index (χ4v) is 4.58. The zero-order valence-corrected chi connectivity index (χ0v) is 14.2. The molecule has 0 rings (SSSR count). The van der Waals surface area contributed by atoms with Crippen LogP contribution in [0.5, 0.6) is 0 Å². The quantitative estimate of drug-likeness (QED) is 0.362. The van der Waals surface area contributed by atoms with Crippen molar-refractivity contribution in [3.63, 3.8) is 0 Å². The van der Waals surface area contributed by atoms with Gasteiger partial charge < -0.3 is 18.0 Å². The van der Waals surface area contributed by atoms with Crippen LogP contribution in [-0.2, 0) is 18.0 Å². The van der Waals surface area contributed by atoms with E-state index in [9.17, 15) is 0 Å². The Morgan fingerprint density at radius 3 is 1.68 bits per heavy atom. The summed E-state index contributed by atoms with van der Waals surface area (Å²) < 4.78 is 23.0. The maximum Gasteiger partial charge on any atom is 0.500 e. The molecule has 0 heterocycles. The van der Waals surface area contributed by atoms with E-state index in [0.717, 1.165) is 38.5 Å². The minimum atomic E-state index is -2.43. The zero-order valence-electron chi connectivity index (χ0n) is 13.2. The monoisotopic (exact) mass is 292 g/mol. The van der Waals surface area contributed by atoms with Crippen LogP contribution < -0.4 is 0 Å². The summed E-state index contributed by atoms with van der Waals surface area (Å²) in [6.45, 7) is 11.8. The normalized spacial score (nSPS) is 12.0. The van der Waals surface area contributed by atoms with Crippen molar-refractivity contribution in [1.82, 2.24) is 0 Å². The molecular formula is C14H32O4Si. The Bertz CT molecular complexity index is 173. The predicted octanol–water partition coefficient (Wildman–Crippen LogP) is 3.63. The van der Waals surface area contributed by atoms with Gasteiger partial charge in [0.05, 0.1) is 0 Å². The van der Waals surface area contributed by atoms with Gasteiger partial charge in [-0.25, -0.2) is 0 Å². The van der Waals surface area contributed by atoms with Crippen molar-refractivity contribution < 1.29 is 18.0 Å². The molecule has 0 fully saturated rings. The lowest BCUT2D eigenvalue weighted by molar-refractivity contribution is 0.0693. The molecule has 4 nitrogen and oxygen atoms in total. The Labute approximate surface area is 120 Å². The van der Waals surface area contributed by atoms with E-state index in [-0.39, 0.29) is 0 Å². The third kappa shape index (κ3) is 9.57. The summed E-state index contributed by atoms with van der Waals surface area (Å²) in [4.78, 5) is 0. The molecule has 0 aromatic heterocycles. The van der Waals surface area contributed by atoms with Gasteiger partial charge in [-0.05, 0) is 40.0 Å². The zero-order chi connectivity index (χ0) is 14.4. The number of unbranched alkanes of at least 4 members (excludes halogenated alkanes) is 2. The largest absolute Gasteiger partial charge is 0.500 e. The Hall–Kier alpha value is 0.0569. The molecule has 0 atom stereocenters. The van der Waals surface area contributed by atoms with E-state index < -0.39 is 8.80 Å². The molecule has 0 aliphatic rings. The van der Waals surface area contributed by atoms with Crippen LogP contribution in [0, 0.1) is 0 Å². The molecular weight excluding hydrogens is 260 g/mol. The Morgan fingerprint density at radius 1 is 0.684 bits per heavy atom. The molecule has 19 heavy (non-hydrogen) atoms. The molecule has 0 saturated heterocycles. The average Bonchev–Trinajstić information content (AvgIpc) is 2.39. The van der Waals surface area contributed by atoms with E-state index in [0.29, 0.717) is 19.8 Å². The van der Waals surface area contributed by atoms with E-state index in [1.807, 2.05) is 20.8 Å². The Kier molecular flexibility index (Phi) is 13.1. The highest BCUT2D eigenvalue weighted by Crippen LogP contribution is 2.19. The van der Waals surface area contributed by atoms with Gasteiger partial charge in [-0.15, -0.1) is 0 Å². The Balaban J connectivity index is 3.89. The predicted molar refractivity (Wildman–Crippen MR) is 80.4 cm³/mol. The van der Waals surface area contributed by atoms with Crippen molar-refractivity contribution in [2.75, 3.05) is 33.0 Å². The SMILES string of the molecule is CCCCOCCCC[Si](OCC)(OCC)OCC. The van der Waals surface area contributed by atoms with Crippen molar-refractivity contribution in [3.05, 3.63) is 0 Å². The van der Waals surface area contributed by atoms with Crippen LogP contribution in [0.25, 0.3) is 0 Å². The minimum Gasteiger partial charge on any atom is -0.381 e. The lowest BCUT2D eigenvalue weighted by atomic mass is 10.3. The first-order valence-electron chi connectivity index (χ1n) is 7.74. The first kappa shape index (κ1) is 19.1. The van der Waals surface area contributed by atoms with Crippen LogP contribution in [0.4, 0.5) is 0 Å². The lowest BCUT2D eigenvalue weighted by Crippen LogP contribution is -2.45. The number of rotatable bonds is 14. The van der Waals surface area contributed by atoms with Gasteiger partial charge in [0.2, 0.25) is 0 Å². The Morgan fingerprint density at radius 2 is 1.21 bits per heavy atom. The topological polar surface area (TPSA) is 36.9 Å². The van der Waals surface area contributed by atoms with Crippen LogP contribution in [-0.4, -0.2) is 41.8 Å². The molecule has 0 N–H and O–H groups in total. The van der Waals surface area contributed by atoms with E-state index in [2.05, 4.69) is 6.92 Å². The van der Waals surface area contributed by atoms with Crippen molar-refractivity contribution in [1.29, 1.82) is 0 Å². The molecule has 0 spiro atoms. The second-order valence-electron chi connectivity index (χ2n) is 4.41. The molecule has 0 amide bonds.